The number of nitrogens with zero attached hydrogens (tertiary/aromatic N) is 1. The maximum atomic E-state index is 11.9. The molecule has 0 aliphatic carbocycles. The molecule has 0 heterocycles. The summed E-state index contributed by atoms with van der Waals surface area (Å²) in [4.78, 5) is 0. The van der Waals surface area contributed by atoms with E-state index in [2.05, 4.69) is 24.8 Å². The molecule has 0 rings (SSSR count). The summed E-state index contributed by atoms with van der Waals surface area (Å²) < 4.78 is 13.5. The molecule has 1 atom stereocenters. The summed E-state index contributed by atoms with van der Waals surface area (Å²) >= 11 is 0. The van der Waals surface area contributed by atoms with Gasteiger partial charge in [0.2, 0.25) is 0 Å². The lowest BCUT2D eigenvalue weighted by Crippen LogP contribution is -2.33. The van der Waals surface area contributed by atoms with Crippen molar-refractivity contribution in [2.75, 3.05) is 19.6 Å². The van der Waals surface area contributed by atoms with Crippen molar-refractivity contribution in [2.24, 2.45) is 5.50 Å². The first-order valence-corrected chi connectivity index (χ1v) is 6.03. The maximum absolute atomic E-state index is 11.9. The van der Waals surface area contributed by atoms with Gasteiger partial charge in [0.1, 0.15) is 0 Å². The Hall–Kier alpha value is -0.670. The molecular weight excluding hydrogens is 197 g/mol. The summed E-state index contributed by atoms with van der Waals surface area (Å²) in [6.45, 7) is 12.0. The molecule has 0 radical (unpaired) electrons. The van der Waals surface area contributed by atoms with Crippen molar-refractivity contribution in [3.8, 4) is 0 Å². The zero-order chi connectivity index (χ0) is 11.0. The largest absolute Gasteiger partial charge is 0.279 e. The van der Waals surface area contributed by atoms with Gasteiger partial charge in [0.15, 0.2) is 0 Å². The fraction of sp³-hybridized carbons (Fsp3) is 0.333. The Balaban J connectivity index is 4.42. The fourth-order valence-corrected chi connectivity index (χ4v) is 2.22. The zero-order valence-electron chi connectivity index (χ0n) is 8.35. The van der Waals surface area contributed by atoms with Crippen LogP contribution < -0.4 is 10.6 Å². The lowest BCUT2D eigenvalue weighted by Gasteiger charge is -2.26. The van der Waals surface area contributed by atoms with E-state index in [1.54, 1.807) is 22.9 Å². The number of hydrogen-bond acceptors (Lipinski definition) is 1. The molecule has 3 N–H and O–H groups in total. The minimum Gasteiger partial charge on any atom is -0.271 e. The number of nitrogens with one attached hydrogen (secondary N) is 1. The number of nitrogens with two attached hydrogens (primary N) is 1. The van der Waals surface area contributed by atoms with Gasteiger partial charge in [-0.3, -0.25) is 10.1 Å². The maximum Gasteiger partial charge on any atom is 0.279 e. The van der Waals surface area contributed by atoms with E-state index in [9.17, 15) is 4.57 Å². The normalized spacial score (nSPS) is 14.7. The summed E-state index contributed by atoms with van der Waals surface area (Å²) in [7, 11) is -2.98. The quantitative estimate of drug-likeness (QED) is 0.476. The number of hydrogen-bond donors (Lipinski definition) is 2. The molecule has 0 amide bonds. The van der Waals surface area contributed by atoms with E-state index >= 15 is 0 Å². The van der Waals surface area contributed by atoms with E-state index in [1.807, 2.05) is 0 Å². The Morgan fingerprint density at radius 1 is 1.21 bits per heavy atom. The highest BCUT2D eigenvalue weighted by Gasteiger charge is 2.22. The topological polar surface area (TPSA) is 58.4 Å². The summed E-state index contributed by atoms with van der Waals surface area (Å²) in [6.07, 6.45) is 4.91. The van der Waals surface area contributed by atoms with Gasteiger partial charge >= 0.3 is 0 Å². The van der Waals surface area contributed by atoms with E-state index in [4.69, 9.17) is 5.50 Å². The molecule has 0 spiro atoms. The van der Waals surface area contributed by atoms with E-state index < -0.39 is 7.59 Å². The van der Waals surface area contributed by atoms with Gasteiger partial charge in [-0.2, -0.15) is 0 Å². The van der Waals surface area contributed by atoms with Crippen LogP contribution in [0.5, 0.6) is 0 Å². The first kappa shape index (κ1) is 13.3. The Kier molecular flexibility index (Phi) is 6.41. The third kappa shape index (κ3) is 4.53. The molecule has 0 aromatic heterocycles. The predicted octanol–water partition coefficient (Wildman–Crippen LogP) is 1.50. The van der Waals surface area contributed by atoms with Crippen LogP contribution in [-0.2, 0) is 4.57 Å². The van der Waals surface area contributed by atoms with Gasteiger partial charge in [0.05, 0.1) is 0 Å². The molecule has 80 valence electrons. The van der Waals surface area contributed by atoms with Crippen molar-refractivity contribution < 1.29 is 4.57 Å². The molecule has 14 heavy (non-hydrogen) atoms. The molecule has 0 fully saturated rings. The molecule has 5 heteroatoms. The molecule has 0 aromatic carbocycles. The van der Waals surface area contributed by atoms with Crippen molar-refractivity contribution in [2.45, 2.75) is 0 Å². The third-order valence-corrected chi connectivity index (χ3v) is 3.36. The third-order valence-electron chi connectivity index (χ3n) is 1.56. The van der Waals surface area contributed by atoms with Crippen molar-refractivity contribution >= 4 is 7.59 Å². The molecular formula is C9H18N3OP. The highest BCUT2D eigenvalue weighted by atomic mass is 31.2. The summed E-state index contributed by atoms with van der Waals surface area (Å²) in [5.41, 5.74) is 5.65. The van der Waals surface area contributed by atoms with Gasteiger partial charge in [0, 0.05) is 19.6 Å². The molecule has 0 saturated carbocycles. The predicted molar refractivity (Wildman–Crippen MR) is 62.0 cm³/mol. The second kappa shape index (κ2) is 6.74. The Morgan fingerprint density at radius 2 is 1.71 bits per heavy atom. The van der Waals surface area contributed by atoms with Gasteiger partial charge in [0.25, 0.3) is 7.59 Å². The minimum atomic E-state index is -2.98. The van der Waals surface area contributed by atoms with Gasteiger partial charge in [-0.05, 0) is 0 Å². The van der Waals surface area contributed by atoms with Gasteiger partial charge in [-0.1, -0.05) is 18.2 Å². The van der Waals surface area contributed by atoms with Crippen LogP contribution in [0.2, 0.25) is 0 Å². The van der Waals surface area contributed by atoms with E-state index in [0.717, 1.165) is 0 Å². The van der Waals surface area contributed by atoms with Gasteiger partial charge in [-0.15, -0.1) is 19.7 Å². The monoisotopic (exact) mass is 215 g/mol. The average Bonchev–Trinajstić information content (AvgIpc) is 2.14. The summed E-state index contributed by atoms with van der Waals surface area (Å²) in [6, 6.07) is 0. The van der Waals surface area contributed by atoms with Crippen LogP contribution in [0.25, 0.3) is 0 Å². The highest BCUT2D eigenvalue weighted by Crippen LogP contribution is 2.35. The van der Waals surface area contributed by atoms with Crippen LogP contribution in [0, 0.1) is 0 Å². The van der Waals surface area contributed by atoms with E-state index in [0.29, 0.717) is 19.6 Å². The van der Waals surface area contributed by atoms with Crippen LogP contribution in [-0.4, -0.2) is 24.3 Å². The van der Waals surface area contributed by atoms with Crippen LogP contribution in [0.15, 0.2) is 38.0 Å². The van der Waals surface area contributed by atoms with Crippen molar-refractivity contribution in [3.05, 3.63) is 38.0 Å². The Morgan fingerprint density at radius 3 is 2.07 bits per heavy atom. The molecule has 0 saturated heterocycles. The van der Waals surface area contributed by atoms with E-state index in [1.165, 1.54) is 0 Å². The molecule has 4 nitrogen and oxygen atoms in total. The highest BCUT2D eigenvalue weighted by molar-refractivity contribution is 7.56. The first-order chi connectivity index (χ1) is 6.58. The lowest BCUT2D eigenvalue weighted by molar-refractivity contribution is 0.462. The van der Waals surface area contributed by atoms with Crippen LogP contribution in [0.3, 0.4) is 0 Å². The van der Waals surface area contributed by atoms with Crippen molar-refractivity contribution in [1.82, 2.24) is 9.76 Å². The Bertz CT molecular complexity index is 242. The van der Waals surface area contributed by atoms with Crippen LogP contribution >= 0.6 is 7.59 Å². The standard InChI is InChI=1S/C9H18N3OP/c1-4-7-11-14(10,13)12(8-5-2)9-6-3/h4-6H,1-3,7-9H2,(H3,10,11,13). The number of rotatable bonds is 8. The Labute approximate surface area is 85.7 Å². The molecule has 0 aliphatic heterocycles. The van der Waals surface area contributed by atoms with Crippen molar-refractivity contribution in [3.63, 3.8) is 0 Å². The fourth-order valence-electron chi connectivity index (χ4n) is 0.911. The first-order valence-electron chi connectivity index (χ1n) is 4.30. The smallest absolute Gasteiger partial charge is 0.271 e. The lowest BCUT2D eigenvalue weighted by atomic mass is 10.5. The second-order valence-corrected chi connectivity index (χ2v) is 4.85. The second-order valence-electron chi connectivity index (χ2n) is 2.72. The average molecular weight is 215 g/mol. The zero-order valence-corrected chi connectivity index (χ0v) is 9.25. The van der Waals surface area contributed by atoms with Gasteiger partial charge in [-0.25, -0.2) is 9.76 Å². The molecule has 0 bridgehead atoms. The minimum absolute atomic E-state index is 0.415. The van der Waals surface area contributed by atoms with E-state index in [-0.39, 0.29) is 0 Å². The van der Waals surface area contributed by atoms with Crippen molar-refractivity contribution in [1.29, 1.82) is 0 Å². The SMILES string of the molecule is C=CCNP(N)(=O)N(CC=C)CC=C. The van der Waals surface area contributed by atoms with Crippen LogP contribution in [0.4, 0.5) is 0 Å². The molecule has 1 unspecified atom stereocenters. The molecule has 0 aliphatic rings. The van der Waals surface area contributed by atoms with Gasteiger partial charge < -0.3 is 0 Å². The summed E-state index contributed by atoms with van der Waals surface area (Å²) in [5, 5.41) is 2.72. The van der Waals surface area contributed by atoms with Crippen LogP contribution in [0.1, 0.15) is 0 Å². The summed E-state index contributed by atoms with van der Waals surface area (Å²) in [5.74, 6) is 0. The molecule has 0 aromatic rings.